The molecule has 0 aliphatic carbocycles. The van der Waals surface area contributed by atoms with Crippen molar-refractivity contribution in [1.29, 1.82) is 0 Å². The summed E-state index contributed by atoms with van der Waals surface area (Å²) in [4.78, 5) is 18.0. The number of unbranched alkanes of at least 4 members (excludes halogenated alkanes) is 2. The summed E-state index contributed by atoms with van der Waals surface area (Å²) in [6.45, 7) is 7.73. The Kier molecular flexibility index (Phi) is 10.9. The van der Waals surface area contributed by atoms with E-state index in [-0.39, 0.29) is 12.0 Å². The van der Waals surface area contributed by atoms with Crippen molar-refractivity contribution in [2.75, 3.05) is 19.7 Å². The van der Waals surface area contributed by atoms with Crippen molar-refractivity contribution in [3.8, 4) is 5.75 Å². The minimum absolute atomic E-state index is 0.154. The van der Waals surface area contributed by atoms with E-state index in [1.165, 1.54) is 28.3 Å². The van der Waals surface area contributed by atoms with Crippen LogP contribution in [-0.4, -0.2) is 42.6 Å². The van der Waals surface area contributed by atoms with Crippen LogP contribution in [0, 0.1) is 0 Å². The summed E-state index contributed by atoms with van der Waals surface area (Å²) >= 11 is 0. The number of rotatable bonds is 12. The van der Waals surface area contributed by atoms with Crippen LogP contribution in [0.4, 0.5) is 4.79 Å². The fourth-order valence-corrected chi connectivity index (χ4v) is 5.68. The lowest BCUT2D eigenvalue weighted by atomic mass is 9.87. The molecular formula is C38H45NO5. The number of ether oxygens (including phenoxy) is 3. The first-order chi connectivity index (χ1) is 21.3. The molecule has 1 aliphatic rings. The lowest BCUT2D eigenvalue weighted by Crippen LogP contribution is -2.45. The molecule has 0 saturated carbocycles. The van der Waals surface area contributed by atoms with E-state index in [0.717, 1.165) is 37.0 Å². The van der Waals surface area contributed by atoms with Gasteiger partial charge >= 0.3 is 6.16 Å². The molecule has 44 heavy (non-hydrogen) atoms. The van der Waals surface area contributed by atoms with E-state index in [0.29, 0.717) is 26.3 Å². The molecule has 0 spiro atoms. The molecule has 5 rings (SSSR count). The van der Waals surface area contributed by atoms with Crippen molar-refractivity contribution in [2.24, 2.45) is 0 Å². The number of aryl methyl sites for hydroxylation is 1. The normalized spacial score (nSPS) is 17.3. The van der Waals surface area contributed by atoms with Crippen LogP contribution in [-0.2, 0) is 27.3 Å². The molecule has 0 amide bonds. The average Bonchev–Trinajstić information content (AvgIpc) is 3.01. The van der Waals surface area contributed by atoms with E-state index in [1.54, 1.807) is 5.06 Å². The van der Waals surface area contributed by atoms with E-state index >= 15 is 0 Å². The third kappa shape index (κ3) is 9.57. The third-order valence-electron chi connectivity index (χ3n) is 7.92. The predicted octanol–water partition coefficient (Wildman–Crippen LogP) is 8.87. The van der Waals surface area contributed by atoms with Crippen LogP contribution in [0.2, 0.25) is 0 Å². The van der Waals surface area contributed by atoms with E-state index in [4.69, 9.17) is 19.0 Å². The Labute approximate surface area is 261 Å². The number of carbonyl (C=O) groups is 1. The highest BCUT2D eigenvalue weighted by molar-refractivity contribution is 5.82. The van der Waals surface area contributed by atoms with Gasteiger partial charge in [-0.15, -0.1) is 5.06 Å². The maximum absolute atomic E-state index is 12.4. The third-order valence-corrected chi connectivity index (χ3v) is 7.92. The number of nitrogens with zero attached hydrogens (tertiary/aromatic N) is 1. The Morgan fingerprint density at radius 3 is 2.34 bits per heavy atom. The van der Waals surface area contributed by atoms with E-state index < -0.39 is 11.8 Å². The number of hydroxylamine groups is 2. The molecule has 4 aromatic carbocycles. The van der Waals surface area contributed by atoms with Gasteiger partial charge in [-0.25, -0.2) is 4.79 Å². The van der Waals surface area contributed by atoms with Crippen LogP contribution in [0.1, 0.15) is 69.1 Å². The maximum Gasteiger partial charge on any atom is 0.528 e. The molecule has 0 bridgehead atoms. The molecule has 6 heteroatoms. The van der Waals surface area contributed by atoms with Crippen LogP contribution >= 0.6 is 0 Å². The first-order valence-corrected chi connectivity index (χ1v) is 15.8. The highest BCUT2D eigenvalue weighted by atomic mass is 16.8. The van der Waals surface area contributed by atoms with Crippen molar-refractivity contribution >= 4 is 16.9 Å². The van der Waals surface area contributed by atoms with Crippen molar-refractivity contribution < 1.29 is 23.8 Å². The number of hydrogen-bond donors (Lipinski definition) is 0. The van der Waals surface area contributed by atoms with Gasteiger partial charge in [0.1, 0.15) is 11.4 Å². The van der Waals surface area contributed by atoms with Gasteiger partial charge in [0.25, 0.3) is 0 Å². The highest BCUT2D eigenvalue weighted by Crippen LogP contribution is 2.33. The molecule has 1 fully saturated rings. The molecule has 0 N–H and O–H groups in total. The molecular weight excluding hydrogens is 550 g/mol. The van der Waals surface area contributed by atoms with Crippen molar-refractivity contribution in [3.05, 3.63) is 114 Å². The van der Waals surface area contributed by atoms with Gasteiger partial charge in [-0.1, -0.05) is 78.9 Å². The topological polar surface area (TPSA) is 57.2 Å². The zero-order valence-corrected chi connectivity index (χ0v) is 26.2. The molecule has 1 saturated heterocycles. The van der Waals surface area contributed by atoms with Gasteiger partial charge in [0.2, 0.25) is 0 Å². The van der Waals surface area contributed by atoms with Crippen LogP contribution in [0.25, 0.3) is 10.8 Å². The number of carbonyl (C=O) groups excluding carboxylic acids is 1. The van der Waals surface area contributed by atoms with E-state index in [1.807, 2.05) is 26.8 Å². The van der Waals surface area contributed by atoms with Crippen LogP contribution in [0.5, 0.6) is 5.75 Å². The highest BCUT2D eigenvalue weighted by Gasteiger charge is 2.34. The smallest absolute Gasteiger partial charge is 0.494 e. The van der Waals surface area contributed by atoms with Gasteiger partial charge in [-0.05, 0) is 98.5 Å². The van der Waals surface area contributed by atoms with Crippen molar-refractivity contribution in [3.63, 3.8) is 0 Å². The van der Waals surface area contributed by atoms with E-state index in [9.17, 15) is 4.79 Å². The molecule has 2 atom stereocenters. The van der Waals surface area contributed by atoms with Gasteiger partial charge in [0, 0.05) is 12.5 Å². The second kappa shape index (κ2) is 15.2. The molecule has 232 valence electrons. The summed E-state index contributed by atoms with van der Waals surface area (Å²) in [5.41, 5.74) is 3.08. The first-order valence-electron chi connectivity index (χ1n) is 15.8. The summed E-state index contributed by atoms with van der Waals surface area (Å²) in [6.07, 6.45) is 4.39. The molecule has 4 aromatic rings. The molecule has 2 unspecified atom stereocenters. The quantitative estimate of drug-likeness (QED) is 0.120. The Balaban J connectivity index is 1.17. The monoisotopic (exact) mass is 595 g/mol. The Morgan fingerprint density at radius 2 is 1.57 bits per heavy atom. The second-order valence-electron chi connectivity index (χ2n) is 12.6. The fraction of sp³-hybridized carbons (Fsp3) is 0.395. The van der Waals surface area contributed by atoms with Crippen LogP contribution < -0.4 is 4.74 Å². The standard InChI is InChI=1S/C38H45NO5/c1-38(2,3)43-37(40)44-39-24-23-35(36(27-39)42-28-30-17-18-31-15-9-10-16-33(31)26-30)32-19-21-34(22-20-32)41-25-11-5-8-14-29-12-6-4-7-13-29/h4,6-7,9-10,12-13,15-22,26,35-36H,5,8,11,14,23-25,27-28H2,1-3H3. The summed E-state index contributed by atoms with van der Waals surface area (Å²) in [6, 6.07) is 33.8. The fourth-order valence-electron chi connectivity index (χ4n) is 5.68. The molecule has 6 nitrogen and oxygen atoms in total. The van der Waals surface area contributed by atoms with Gasteiger partial charge < -0.3 is 19.0 Å². The van der Waals surface area contributed by atoms with Gasteiger partial charge in [-0.2, -0.15) is 0 Å². The van der Waals surface area contributed by atoms with Crippen LogP contribution in [0.3, 0.4) is 0 Å². The van der Waals surface area contributed by atoms with Crippen molar-refractivity contribution in [1.82, 2.24) is 5.06 Å². The predicted molar refractivity (Wildman–Crippen MR) is 175 cm³/mol. The second-order valence-corrected chi connectivity index (χ2v) is 12.6. The molecule has 1 heterocycles. The Morgan fingerprint density at radius 1 is 0.818 bits per heavy atom. The van der Waals surface area contributed by atoms with Gasteiger partial charge in [0.15, 0.2) is 0 Å². The first kappa shape index (κ1) is 31.6. The summed E-state index contributed by atoms with van der Waals surface area (Å²) in [7, 11) is 0. The number of benzene rings is 4. The molecule has 0 aromatic heterocycles. The Bertz CT molecular complexity index is 1460. The van der Waals surface area contributed by atoms with Crippen LogP contribution in [0.15, 0.2) is 97.1 Å². The molecule has 0 radical (unpaired) electrons. The largest absolute Gasteiger partial charge is 0.528 e. The maximum atomic E-state index is 12.4. The molecule has 1 aliphatic heterocycles. The Hall–Kier alpha value is -3.87. The number of fused-ring (bicyclic) bond motifs is 1. The average molecular weight is 596 g/mol. The van der Waals surface area contributed by atoms with E-state index in [2.05, 4.69) is 91.0 Å². The van der Waals surface area contributed by atoms with Gasteiger partial charge in [0.05, 0.1) is 25.9 Å². The summed E-state index contributed by atoms with van der Waals surface area (Å²) < 4.78 is 18.0. The number of hydrogen-bond acceptors (Lipinski definition) is 6. The lowest BCUT2D eigenvalue weighted by Gasteiger charge is -2.37. The summed E-state index contributed by atoms with van der Waals surface area (Å²) in [5.74, 6) is 1.04. The van der Waals surface area contributed by atoms with Crippen molar-refractivity contribution in [2.45, 2.75) is 77.1 Å². The summed E-state index contributed by atoms with van der Waals surface area (Å²) in [5, 5.41) is 4.07. The zero-order valence-electron chi connectivity index (χ0n) is 26.2. The minimum atomic E-state index is -0.689. The van der Waals surface area contributed by atoms with Gasteiger partial charge in [-0.3, -0.25) is 0 Å². The number of piperidine rings is 1. The minimum Gasteiger partial charge on any atom is -0.494 e. The zero-order chi connectivity index (χ0) is 30.8. The lowest BCUT2D eigenvalue weighted by molar-refractivity contribution is -0.179. The SMILES string of the molecule is CC(C)(C)OC(=O)ON1CCC(c2ccc(OCCCCCc3ccccc3)cc2)C(OCc2ccc3ccccc3c2)C1.